The Balaban J connectivity index is 2.91. The van der Waals surface area contributed by atoms with Crippen LogP contribution in [0.2, 0.25) is 0 Å². The highest BCUT2D eigenvalue weighted by Crippen LogP contribution is 2.32. The van der Waals surface area contributed by atoms with E-state index in [0.717, 1.165) is 0 Å². The summed E-state index contributed by atoms with van der Waals surface area (Å²) in [7, 11) is -2.59. The molecule has 1 aliphatic rings. The van der Waals surface area contributed by atoms with Crippen molar-refractivity contribution in [3.05, 3.63) is 0 Å². The maximum atomic E-state index is 12.3. The van der Waals surface area contributed by atoms with Gasteiger partial charge in [0, 0.05) is 0 Å². The highest BCUT2D eigenvalue weighted by molar-refractivity contribution is 7.90. The third-order valence-corrected chi connectivity index (χ3v) is 5.58. The van der Waals surface area contributed by atoms with Crippen LogP contribution in [0.1, 0.15) is 26.2 Å². The first-order chi connectivity index (χ1) is 8.79. The highest BCUT2D eigenvalue weighted by Gasteiger charge is 2.44. The van der Waals surface area contributed by atoms with E-state index < -0.39 is 45.9 Å². The molecule has 0 amide bonds. The van der Waals surface area contributed by atoms with Crippen LogP contribution in [0, 0.1) is 5.92 Å². The molecule has 0 aromatic carbocycles. The monoisotopic (exact) mass is 295 g/mol. The molecule has 0 aliphatic heterocycles. The minimum atomic E-state index is -3.82. The summed E-state index contributed by atoms with van der Waals surface area (Å²) < 4.78 is 31.4. The minimum Gasteiger partial charge on any atom is -0.469 e. The lowest BCUT2D eigenvalue weighted by Crippen LogP contribution is -2.55. The fourth-order valence-electron chi connectivity index (χ4n) is 2.25. The van der Waals surface area contributed by atoms with Gasteiger partial charge in [-0.1, -0.05) is 6.42 Å². The molecule has 8 heteroatoms. The summed E-state index contributed by atoms with van der Waals surface area (Å²) in [6.07, 6.45) is 1.45. The van der Waals surface area contributed by atoms with Crippen LogP contribution in [0.15, 0.2) is 0 Å². The minimum absolute atomic E-state index is 0.363. The van der Waals surface area contributed by atoms with Crippen molar-refractivity contribution in [2.75, 3.05) is 20.3 Å². The molecular weight excluding hydrogens is 274 g/mol. The molecule has 0 aromatic heterocycles. The average Bonchev–Trinajstić information content (AvgIpc) is 2.87. The van der Waals surface area contributed by atoms with E-state index in [0.29, 0.717) is 19.3 Å². The predicted octanol–water partition coefficient (Wildman–Crippen LogP) is -1.01. The van der Waals surface area contributed by atoms with Gasteiger partial charge >= 0.3 is 5.97 Å². The molecule has 2 atom stereocenters. The number of esters is 1. The van der Waals surface area contributed by atoms with Gasteiger partial charge < -0.3 is 14.9 Å². The number of ether oxygens (including phenoxy) is 1. The molecule has 1 fully saturated rings. The lowest BCUT2D eigenvalue weighted by molar-refractivity contribution is -0.145. The van der Waals surface area contributed by atoms with Gasteiger partial charge in [0.05, 0.1) is 37.0 Å². The van der Waals surface area contributed by atoms with Gasteiger partial charge in [0.1, 0.15) is 0 Å². The van der Waals surface area contributed by atoms with Crippen LogP contribution < -0.4 is 4.72 Å². The molecule has 0 radical (unpaired) electrons. The summed E-state index contributed by atoms with van der Waals surface area (Å²) in [5.41, 5.74) is -1.33. The molecule has 2 unspecified atom stereocenters. The number of hydrogen-bond acceptors (Lipinski definition) is 6. The Kier molecular flexibility index (Phi) is 5.31. The number of nitrogens with one attached hydrogen (secondary N) is 1. The first kappa shape index (κ1) is 16.4. The summed E-state index contributed by atoms with van der Waals surface area (Å²) in [6, 6.07) is 0. The number of aliphatic hydroxyl groups is 2. The zero-order chi connectivity index (χ0) is 14.7. The smallest absolute Gasteiger partial charge is 0.310 e. The van der Waals surface area contributed by atoms with Crippen molar-refractivity contribution < 1.29 is 28.2 Å². The lowest BCUT2D eigenvalue weighted by atomic mass is 10.1. The zero-order valence-corrected chi connectivity index (χ0v) is 11.9. The molecule has 1 aliphatic carbocycles. The molecule has 112 valence electrons. The van der Waals surface area contributed by atoms with Gasteiger partial charge in [0.15, 0.2) is 0 Å². The average molecular weight is 295 g/mol. The van der Waals surface area contributed by atoms with Gasteiger partial charge in [-0.3, -0.25) is 4.79 Å². The van der Waals surface area contributed by atoms with Crippen LogP contribution in [0.3, 0.4) is 0 Å². The zero-order valence-electron chi connectivity index (χ0n) is 11.1. The summed E-state index contributed by atoms with van der Waals surface area (Å²) in [6.45, 7) is 0.337. The molecule has 0 bridgehead atoms. The summed E-state index contributed by atoms with van der Waals surface area (Å²) >= 11 is 0. The maximum absolute atomic E-state index is 12.3. The van der Waals surface area contributed by atoms with Gasteiger partial charge in [-0.05, 0) is 19.8 Å². The van der Waals surface area contributed by atoms with E-state index in [4.69, 9.17) is 10.2 Å². The quantitative estimate of drug-likeness (QED) is 0.541. The Bertz CT molecular complexity index is 417. The fraction of sp³-hybridized carbons (Fsp3) is 0.909. The second-order valence-corrected chi connectivity index (χ2v) is 7.02. The van der Waals surface area contributed by atoms with Crippen molar-refractivity contribution in [1.29, 1.82) is 0 Å². The molecule has 0 aromatic rings. The highest BCUT2D eigenvalue weighted by atomic mass is 32.2. The molecule has 0 saturated heterocycles. The van der Waals surface area contributed by atoms with Gasteiger partial charge in [0.25, 0.3) is 0 Å². The molecule has 7 nitrogen and oxygen atoms in total. The number of aliphatic hydroxyl groups excluding tert-OH is 2. The molecule has 0 spiro atoms. The third-order valence-electron chi connectivity index (χ3n) is 3.44. The molecule has 1 rings (SSSR count). The standard InChI is InChI=1S/C11H21NO6S/c1-11(6-13,7-14)12-19(16,17)9-5-3-4-8(9)10(15)18-2/h8-9,12-14H,3-7H2,1-2H3. The Morgan fingerprint density at radius 3 is 2.42 bits per heavy atom. The number of methoxy groups -OCH3 is 1. The molecule has 0 heterocycles. The van der Waals surface area contributed by atoms with E-state index >= 15 is 0 Å². The van der Waals surface area contributed by atoms with E-state index in [2.05, 4.69) is 9.46 Å². The van der Waals surface area contributed by atoms with E-state index in [9.17, 15) is 13.2 Å². The predicted molar refractivity (Wildman–Crippen MR) is 67.8 cm³/mol. The number of carbonyl (C=O) groups excluding carboxylic acids is 1. The van der Waals surface area contributed by atoms with E-state index in [1.165, 1.54) is 14.0 Å². The SMILES string of the molecule is COC(=O)C1CCCC1S(=O)(=O)NC(C)(CO)CO. The van der Waals surface area contributed by atoms with Crippen LogP contribution in [-0.4, -0.2) is 55.7 Å². The number of hydrogen-bond donors (Lipinski definition) is 3. The van der Waals surface area contributed by atoms with Gasteiger partial charge in [0.2, 0.25) is 10.0 Å². The van der Waals surface area contributed by atoms with E-state index in [-0.39, 0.29) is 0 Å². The van der Waals surface area contributed by atoms with Crippen molar-refractivity contribution in [2.24, 2.45) is 5.92 Å². The Morgan fingerprint density at radius 1 is 1.37 bits per heavy atom. The van der Waals surface area contributed by atoms with Crippen LogP contribution in [0.25, 0.3) is 0 Å². The van der Waals surface area contributed by atoms with Gasteiger partial charge in [-0.2, -0.15) is 0 Å². The first-order valence-electron chi connectivity index (χ1n) is 6.12. The fourth-order valence-corrected chi connectivity index (χ4v) is 4.38. The third kappa shape index (κ3) is 3.65. The van der Waals surface area contributed by atoms with Crippen LogP contribution in [-0.2, 0) is 19.6 Å². The molecule has 1 saturated carbocycles. The van der Waals surface area contributed by atoms with Crippen LogP contribution >= 0.6 is 0 Å². The van der Waals surface area contributed by atoms with E-state index in [1.54, 1.807) is 0 Å². The Labute approximate surface area is 113 Å². The van der Waals surface area contributed by atoms with Crippen molar-refractivity contribution in [3.8, 4) is 0 Å². The summed E-state index contributed by atoms with van der Waals surface area (Å²) in [4.78, 5) is 11.6. The van der Waals surface area contributed by atoms with Crippen molar-refractivity contribution >= 4 is 16.0 Å². The van der Waals surface area contributed by atoms with Crippen molar-refractivity contribution in [1.82, 2.24) is 4.72 Å². The second kappa shape index (κ2) is 6.17. The Morgan fingerprint density at radius 2 is 1.95 bits per heavy atom. The lowest BCUT2D eigenvalue weighted by Gasteiger charge is -2.29. The van der Waals surface area contributed by atoms with Crippen LogP contribution in [0.4, 0.5) is 0 Å². The molecule has 3 N–H and O–H groups in total. The van der Waals surface area contributed by atoms with Crippen molar-refractivity contribution in [2.45, 2.75) is 37.0 Å². The topological polar surface area (TPSA) is 113 Å². The van der Waals surface area contributed by atoms with Crippen LogP contribution in [0.5, 0.6) is 0 Å². The number of sulfonamides is 1. The molecule has 19 heavy (non-hydrogen) atoms. The Hall–Kier alpha value is -0.700. The normalized spacial score (nSPS) is 24.4. The van der Waals surface area contributed by atoms with Crippen molar-refractivity contribution in [3.63, 3.8) is 0 Å². The number of carbonyl (C=O) groups is 1. The summed E-state index contributed by atoms with van der Waals surface area (Å²) in [5, 5.41) is 17.4. The van der Waals surface area contributed by atoms with E-state index in [1.807, 2.05) is 0 Å². The molecular formula is C11H21NO6S. The maximum Gasteiger partial charge on any atom is 0.310 e. The second-order valence-electron chi connectivity index (χ2n) is 5.12. The first-order valence-corrected chi connectivity index (χ1v) is 7.66. The number of rotatable bonds is 6. The largest absolute Gasteiger partial charge is 0.469 e. The summed E-state index contributed by atoms with van der Waals surface area (Å²) in [5.74, 6) is -1.23. The van der Waals surface area contributed by atoms with Gasteiger partial charge in [-0.25, -0.2) is 13.1 Å². The van der Waals surface area contributed by atoms with Gasteiger partial charge in [-0.15, -0.1) is 0 Å².